The highest BCUT2D eigenvalue weighted by Gasteiger charge is 2.65. The van der Waals surface area contributed by atoms with Gasteiger partial charge in [0.05, 0.1) is 12.0 Å². The molecule has 0 bridgehead atoms. The lowest BCUT2D eigenvalue weighted by Gasteiger charge is -2.36. The van der Waals surface area contributed by atoms with Gasteiger partial charge in [0.25, 0.3) is 0 Å². The van der Waals surface area contributed by atoms with E-state index in [0.29, 0.717) is 6.54 Å². The first-order valence-electron chi connectivity index (χ1n) is 11.2. The lowest BCUT2D eigenvalue weighted by atomic mass is 9.78. The van der Waals surface area contributed by atoms with Gasteiger partial charge in [-0.25, -0.2) is 0 Å². The second kappa shape index (κ2) is 7.68. The Morgan fingerprint density at radius 1 is 1.23 bits per heavy atom. The van der Waals surface area contributed by atoms with Gasteiger partial charge in [-0.05, 0) is 63.4 Å². The van der Waals surface area contributed by atoms with E-state index in [1.54, 1.807) is 0 Å². The highest BCUT2D eigenvalue weighted by atomic mass is 16.5. The van der Waals surface area contributed by atoms with Crippen LogP contribution in [0.3, 0.4) is 0 Å². The molecule has 31 heavy (non-hydrogen) atoms. The van der Waals surface area contributed by atoms with Crippen LogP contribution < -0.4 is 15.4 Å². The van der Waals surface area contributed by atoms with E-state index >= 15 is 0 Å². The highest BCUT2D eigenvalue weighted by Crippen LogP contribution is 2.55. The maximum atomic E-state index is 13.4. The number of benzene rings is 2. The summed E-state index contributed by atoms with van der Waals surface area (Å²) in [6.45, 7) is 5.28. The molecule has 0 aromatic heterocycles. The fourth-order valence-corrected chi connectivity index (χ4v) is 5.65. The van der Waals surface area contributed by atoms with E-state index in [1.807, 2.05) is 62.4 Å². The number of amides is 2. The number of carbonyl (C=O) groups excluding carboxylic acids is 2. The molecule has 3 heterocycles. The van der Waals surface area contributed by atoms with Crippen LogP contribution in [0.4, 0.5) is 5.69 Å². The van der Waals surface area contributed by atoms with Crippen molar-refractivity contribution < 1.29 is 14.3 Å². The summed E-state index contributed by atoms with van der Waals surface area (Å²) in [7, 11) is 0. The molecule has 1 spiro atoms. The molecule has 0 saturated carbocycles. The number of anilines is 1. The van der Waals surface area contributed by atoms with Crippen LogP contribution in [0.25, 0.3) is 0 Å². The summed E-state index contributed by atoms with van der Waals surface area (Å²) in [5.74, 6) is 0.307. The molecule has 162 valence electrons. The van der Waals surface area contributed by atoms with Crippen LogP contribution in [0.5, 0.6) is 5.75 Å². The quantitative estimate of drug-likeness (QED) is 0.779. The maximum Gasteiger partial charge on any atom is 0.250 e. The Morgan fingerprint density at radius 3 is 2.77 bits per heavy atom. The highest BCUT2D eigenvalue weighted by molar-refractivity contribution is 6.09. The van der Waals surface area contributed by atoms with Gasteiger partial charge in [-0.1, -0.05) is 30.3 Å². The van der Waals surface area contributed by atoms with Crippen LogP contribution in [0, 0.1) is 5.92 Å². The fraction of sp³-hybridized carbons (Fsp3) is 0.440. The number of nitrogens with zero attached hydrogens (tertiary/aromatic N) is 1. The summed E-state index contributed by atoms with van der Waals surface area (Å²) in [4.78, 5) is 29.1. The number of para-hydroxylation sites is 1. The first-order chi connectivity index (χ1) is 15.0. The molecular formula is C25H29N3O3. The summed E-state index contributed by atoms with van der Waals surface area (Å²) in [6, 6.07) is 15.9. The van der Waals surface area contributed by atoms with Gasteiger partial charge in [-0.3, -0.25) is 14.5 Å². The van der Waals surface area contributed by atoms with Crippen molar-refractivity contribution in [3.8, 4) is 5.75 Å². The average Bonchev–Trinajstić information content (AvgIpc) is 3.41. The number of hydrogen-bond donors (Lipinski definition) is 2. The third-order valence-corrected chi connectivity index (χ3v) is 6.85. The minimum Gasteiger partial charge on any atom is -0.491 e. The molecular weight excluding hydrogens is 390 g/mol. The zero-order chi connectivity index (χ0) is 21.6. The lowest BCUT2D eigenvalue weighted by Crippen LogP contribution is -2.54. The SMILES string of the molecule is CC(C)Oc1ccc(CNC(=O)[C@H]2C[C@H]3CCCN3[C@@]23C(=O)Nc2ccccc23)cc1. The normalized spacial score (nSPS) is 26.7. The minimum atomic E-state index is -0.892. The molecule has 3 aliphatic heterocycles. The van der Waals surface area contributed by atoms with Gasteiger partial charge in [0.2, 0.25) is 11.8 Å². The number of rotatable bonds is 5. The average molecular weight is 420 g/mol. The Hall–Kier alpha value is -2.86. The number of nitrogens with one attached hydrogen (secondary N) is 2. The van der Waals surface area contributed by atoms with Crippen molar-refractivity contribution in [2.24, 2.45) is 5.92 Å². The summed E-state index contributed by atoms with van der Waals surface area (Å²) >= 11 is 0. The van der Waals surface area contributed by atoms with Crippen LogP contribution in [0.15, 0.2) is 48.5 Å². The summed E-state index contributed by atoms with van der Waals surface area (Å²) in [5.41, 5.74) is 1.89. The van der Waals surface area contributed by atoms with Gasteiger partial charge in [0.1, 0.15) is 11.3 Å². The molecule has 2 N–H and O–H groups in total. The third kappa shape index (κ3) is 3.21. The molecule has 2 aromatic rings. The van der Waals surface area contributed by atoms with Crippen molar-refractivity contribution in [2.45, 2.75) is 57.3 Å². The van der Waals surface area contributed by atoms with Crippen LogP contribution >= 0.6 is 0 Å². The molecule has 5 rings (SSSR count). The Morgan fingerprint density at radius 2 is 2.00 bits per heavy atom. The number of fused-ring (bicyclic) bond motifs is 4. The smallest absolute Gasteiger partial charge is 0.250 e. The van der Waals surface area contributed by atoms with E-state index < -0.39 is 11.5 Å². The molecule has 0 aliphatic carbocycles. The standard InChI is InChI=1S/C25H29N3O3/c1-16(2)31-19-11-9-17(10-12-19)15-26-23(29)21-14-18-6-5-13-28(18)25(21)20-7-3-4-8-22(20)27-24(25)30/h3-4,7-12,16,18,21H,5-6,13-15H2,1-2H3,(H,26,29)(H,27,30)/t18-,21-,25-/m1/s1. The van der Waals surface area contributed by atoms with Crippen molar-refractivity contribution in [1.29, 1.82) is 0 Å². The summed E-state index contributed by atoms with van der Waals surface area (Å²) in [5, 5.41) is 6.16. The zero-order valence-corrected chi connectivity index (χ0v) is 18.1. The van der Waals surface area contributed by atoms with Crippen molar-refractivity contribution in [3.05, 3.63) is 59.7 Å². The second-order valence-electron chi connectivity index (χ2n) is 9.07. The van der Waals surface area contributed by atoms with Crippen LogP contribution in [-0.4, -0.2) is 35.4 Å². The van der Waals surface area contributed by atoms with E-state index in [1.165, 1.54) is 0 Å². The topological polar surface area (TPSA) is 70.7 Å². The van der Waals surface area contributed by atoms with Gasteiger partial charge in [0, 0.05) is 23.8 Å². The van der Waals surface area contributed by atoms with E-state index in [0.717, 1.165) is 48.4 Å². The van der Waals surface area contributed by atoms with Crippen molar-refractivity contribution in [1.82, 2.24) is 10.2 Å². The van der Waals surface area contributed by atoms with Crippen molar-refractivity contribution in [3.63, 3.8) is 0 Å². The largest absolute Gasteiger partial charge is 0.491 e. The lowest BCUT2D eigenvalue weighted by molar-refractivity contribution is -0.137. The number of hydrogen-bond acceptors (Lipinski definition) is 4. The molecule has 6 nitrogen and oxygen atoms in total. The Balaban J connectivity index is 1.38. The van der Waals surface area contributed by atoms with Crippen molar-refractivity contribution >= 4 is 17.5 Å². The van der Waals surface area contributed by atoms with Crippen LogP contribution in [0.1, 0.15) is 44.2 Å². The molecule has 2 aromatic carbocycles. The first kappa shape index (κ1) is 20.1. The van der Waals surface area contributed by atoms with E-state index in [-0.39, 0.29) is 24.0 Å². The monoisotopic (exact) mass is 419 g/mol. The van der Waals surface area contributed by atoms with Gasteiger partial charge in [-0.15, -0.1) is 0 Å². The predicted molar refractivity (Wildman–Crippen MR) is 119 cm³/mol. The minimum absolute atomic E-state index is 0.0521. The first-order valence-corrected chi connectivity index (χ1v) is 11.2. The Kier molecular flexibility index (Phi) is 4.97. The van der Waals surface area contributed by atoms with Gasteiger partial charge in [0.15, 0.2) is 0 Å². The molecule has 2 fully saturated rings. The van der Waals surface area contributed by atoms with Gasteiger partial charge in [-0.2, -0.15) is 0 Å². The molecule has 2 saturated heterocycles. The molecule has 3 aliphatic rings. The Labute approximate surface area is 183 Å². The fourth-order valence-electron chi connectivity index (χ4n) is 5.65. The van der Waals surface area contributed by atoms with Crippen LogP contribution in [0.2, 0.25) is 0 Å². The van der Waals surface area contributed by atoms with Gasteiger partial charge < -0.3 is 15.4 Å². The van der Waals surface area contributed by atoms with Crippen molar-refractivity contribution in [2.75, 3.05) is 11.9 Å². The van der Waals surface area contributed by atoms with Gasteiger partial charge >= 0.3 is 0 Å². The molecule has 6 heteroatoms. The number of carbonyl (C=O) groups is 2. The van der Waals surface area contributed by atoms with E-state index in [4.69, 9.17) is 4.74 Å². The summed E-state index contributed by atoms with van der Waals surface area (Å²) < 4.78 is 5.69. The molecule has 0 radical (unpaired) electrons. The zero-order valence-electron chi connectivity index (χ0n) is 18.1. The number of ether oxygens (including phenoxy) is 1. The molecule has 0 unspecified atom stereocenters. The van der Waals surface area contributed by atoms with E-state index in [9.17, 15) is 9.59 Å². The summed E-state index contributed by atoms with van der Waals surface area (Å²) in [6.07, 6.45) is 2.95. The predicted octanol–water partition coefficient (Wildman–Crippen LogP) is 3.42. The molecule has 3 atom stereocenters. The maximum absolute atomic E-state index is 13.4. The molecule has 2 amide bonds. The van der Waals surface area contributed by atoms with Crippen LogP contribution in [-0.2, 0) is 21.7 Å². The second-order valence-corrected chi connectivity index (χ2v) is 9.07. The third-order valence-electron chi connectivity index (χ3n) is 6.85. The Bertz CT molecular complexity index is 1000. The van der Waals surface area contributed by atoms with E-state index in [2.05, 4.69) is 15.5 Å².